The highest BCUT2D eigenvalue weighted by atomic mass is 16.3. The zero-order valence-corrected chi connectivity index (χ0v) is 10.2. The van der Waals surface area contributed by atoms with Crippen LogP contribution in [0.25, 0.3) is 11.1 Å². The summed E-state index contributed by atoms with van der Waals surface area (Å²) in [6.45, 7) is 8.28. The molecule has 1 heterocycles. The van der Waals surface area contributed by atoms with Crippen molar-refractivity contribution in [1.29, 1.82) is 0 Å². The number of hydrogen-bond donors (Lipinski definition) is 1. The average Bonchev–Trinajstić information content (AvgIpc) is 2.57. The number of oxazole rings is 1. The largest absolute Gasteiger partial charge is 0.439 e. The molecule has 2 aromatic rings. The highest BCUT2D eigenvalue weighted by Crippen LogP contribution is 2.31. The summed E-state index contributed by atoms with van der Waals surface area (Å²) < 4.78 is 5.70. The Morgan fingerprint density at radius 1 is 1.31 bits per heavy atom. The van der Waals surface area contributed by atoms with Crippen molar-refractivity contribution in [3.05, 3.63) is 29.7 Å². The fraction of sp³-hybridized carbons (Fsp3) is 0.462. The molecule has 0 saturated carbocycles. The Labute approximate surface area is 95.7 Å². The van der Waals surface area contributed by atoms with Crippen molar-refractivity contribution < 1.29 is 4.42 Å². The maximum atomic E-state index is 6.12. The smallest absolute Gasteiger partial charge is 0.212 e. The first kappa shape index (κ1) is 11.1. The molecule has 0 amide bonds. The topological polar surface area (TPSA) is 52.0 Å². The van der Waals surface area contributed by atoms with Crippen LogP contribution in [0.4, 0.5) is 0 Å². The third-order valence-corrected chi connectivity index (χ3v) is 2.76. The lowest BCUT2D eigenvalue weighted by molar-refractivity contribution is 0.282. The monoisotopic (exact) mass is 218 g/mol. The van der Waals surface area contributed by atoms with Crippen molar-refractivity contribution in [1.82, 2.24) is 4.98 Å². The van der Waals surface area contributed by atoms with E-state index in [1.165, 1.54) is 5.56 Å². The van der Waals surface area contributed by atoms with Crippen molar-refractivity contribution in [3.63, 3.8) is 0 Å². The summed E-state index contributed by atoms with van der Waals surface area (Å²) in [5.41, 5.74) is 8.93. The highest BCUT2D eigenvalue weighted by Gasteiger charge is 2.26. The first-order valence-corrected chi connectivity index (χ1v) is 5.50. The molecular weight excluding hydrogens is 200 g/mol. The summed E-state index contributed by atoms with van der Waals surface area (Å²) in [6.07, 6.45) is 0. The van der Waals surface area contributed by atoms with Gasteiger partial charge in [0.05, 0.1) is 6.04 Å². The van der Waals surface area contributed by atoms with E-state index in [1.54, 1.807) is 0 Å². The second kappa shape index (κ2) is 3.59. The molecule has 0 radical (unpaired) electrons. The summed E-state index contributed by atoms with van der Waals surface area (Å²) in [6, 6.07) is 5.80. The van der Waals surface area contributed by atoms with Gasteiger partial charge in [-0.25, -0.2) is 4.98 Å². The molecule has 0 bridgehead atoms. The predicted octanol–water partition coefficient (Wildman–Crippen LogP) is 3.18. The number of aromatic nitrogens is 1. The molecule has 16 heavy (non-hydrogen) atoms. The molecular formula is C13H18N2O. The van der Waals surface area contributed by atoms with Crippen molar-refractivity contribution in [3.8, 4) is 0 Å². The Morgan fingerprint density at radius 2 is 2.00 bits per heavy atom. The van der Waals surface area contributed by atoms with Gasteiger partial charge in [-0.15, -0.1) is 0 Å². The summed E-state index contributed by atoms with van der Waals surface area (Å²) >= 11 is 0. The normalized spacial score (nSPS) is 14.3. The molecule has 2 rings (SSSR count). The van der Waals surface area contributed by atoms with Crippen molar-refractivity contribution in [2.24, 2.45) is 11.1 Å². The standard InChI is InChI=1S/C13H18N2O/c1-8-5-6-9-10(7-8)16-12(15-9)11(14)13(2,3)4/h5-7,11H,14H2,1-4H3. The van der Waals surface area contributed by atoms with E-state index in [4.69, 9.17) is 10.2 Å². The Hall–Kier alpha value is -1.35. The molecule has 0 aliphatic carbocycles. The number of hydrogen-bond acceptors (Lipinski definition) is 3. The zero-order chi connectivity index (χ0) is 11.9. The second-order valence-corrected chi connectivity index (χ2v) is 5.37. The van der Waals surface area contributed by atoms with E-state index < -0.39 is 0 Å². The molecule has 3 nitrogen and oxygen atoms in total. The van der Waals surface area contributed by atoms with Gasteiger partial charge in [0.25, 0.3) is 0 Å². The summed E-state index contributed by atoms with van der Waals surface area (Å²) in [7, 11) is 0. The molecule has 3 heteroatoms. The van der Waals surface area contributed by atoms with Crippen LogP contribution in [0.3, 0.4) is 0 Å². The molecule has 1 aromatic heterocycles. The maximum Gasteiger partial charge on any atom is 0.212 e. The summed E-state index contributed by atoms with van der Waals surface area (Å²) in [5.74, 6) is 0.619. The van der Waals surface area contributed by atoms with E-state index >= 15 is 0 Å². The van der Waals surface area contributed by atoms with Gasteiger partial charge >= 0.3 is 0 Å². The van der Waals surface area contributed by atoms with Crippen LogP contribution >= 0.6 is 0 Å². The number of benzene rings is 1. The van der Waals surface area contributed by atoms with Crippen LogP contribution < -0.4 is 5.73 Å². The lowest BCUT2D eigenvalue weighted by Crippen LogP contribution is -2.26. The molecule has 0 fully saturated rings. The number of rotatable bonds is 1. The first-order chi connectivity index (χ1) is 7.38. The van der Waals surface area contributed by atoms with E-state index in [1.807, 2.05) is 25.1 Å². The van der Waals surface area contributed by atoms with E-state index in [0.717, 1.165) is 11.1 Å². The Bertz CT molecular complexity index is 508. The van der Waals surface area contributed by atoms with Crippen LogP contribution in [0, 0.1) is 12.3 Å². The highest BCUT2D eigenvalue weighted by molar-refractivity contribution is 5.73. The number of aryl methyl sites for hydroxylation is 1. The number of fused-ring (bicyclic) bond motifs is 1. The minimum atomic E-state index is -0.180. The molecule has 1 atom stereocenters. The molecule has 2 N–H and O–H groups in total. The molecule has 0 aliphatic rings. The van der Waals surface area contributed by atoms with Crippen LogP contribution in [-0.4, -0.2) is 4.98 Å². The molecule has 0 saturated heterocycles. The van der Waals surface area contributed by atoms with Gasteiger partial charge in [0, 0.05) is 0 Å². The third kappa shape index (κ3) is 1.95. The van der Waals surface area contributed by atoms with Crippen molar-refractivity contribution >= 4 is 11.1 Å². The van der Waals surface area contributed by atoms with Gasteiger partial charge in [0.2, 0.25) is 5.89 Å². The van der Waals surface area contributed by atoms with Gasteiger partial charge in [0.1, 0.15) is 5.52 Å². The Morgan fingerprint density at radius 3 is 2.62 bits per heavy atom. The van der Waals surface area contributed by atoms with Crippen molar-refractivity contribution in [2.75, 3.05) is 0 Å². The number of nitrogens with zero attached hydrogens (tertiary/aromatic N) is 1. The lowest BCUT2D eigenvalue weighted by atomic mass is 9.87. The van der Waals surface area contributed by atoms with Crippen LogP contribution in [-0.2, 0) is 0 Å². The lowest BCUT2D eigenvalue weighted by Gasteiger charge is -2.23. The predicted molar refractivity (Wildman–Crippen MR) is 65.1 cm³/mol. The molecule has 1 aromatic carbocycles. The minimum absolute atomic E-state index is 0.0457. The average molecular weight is 218 g/mol. The van der Waals surface area contributed by atoms with Crippen LogP contribution in [0.2, 0.25) is 0 Å². The van der Waals surface area contributed by atoms with Gasteiger partial charge < -0.3 is 10.2 Å². The first-order valence-electron chi connectivity index (χ1n) is 5.50. The van der Waals surface area contributed by atoms with Gasteiger partial charge in [-0.05, 0) is 30.0 Å². The van der Waals surface area contributed by atoms with Crippen LogP contribution in [0.5, 0.6) is 0 Å². The summed E-state index contributed by atoms with van der Waals surface area (Å²) in [5, 5.41) is 0. The minimum Gasteiger partial charge on any atom is -0.439 e. The van der Waals surface area contributed by atoms with Crippen molar-refractivity contribution in [2.45, 2.75) is 33.7 Å². The fourth-order valence-electron chi connectivity index (χ4n) is 1.55. The van der Waals surface area contributed by atoms with E-state index in [2.05, 4.69) is 25.8 Å². The van der Waals surface area contributed by atoms with E-state index in [-0.39, 0.29) is 11.5 Å². The van der Waals surface area contributed by atoms with Gasteiger partial charge in [-0.2, -0.15) is 0 Å². The van der Waals surface area contributed by atoms with E-state index in [0.29, 0.717) is 5.89 Å². The third-order valence-electron chi connectivity index (χ3n) is 2.76. The van der Waals surface area contributed by atoms with Crippen LogP contribution in [0.15, 0.2) is 22.6 Å². The molecule has 86 valence electrons. The maximum absolute atomic E-state index is 6.12. The molecule has 0 spiro atoms. The fourth-order valence-corrected chi connectivity index (χ4v) is 1.55. The zero-order valence-electron chi connectivity index (χ0n) is 10.2. The SMILES string of the molecule is Cc1ccc2nc(C(N)C(C)(C)C)oc2c1. The van der Waals surface area contributed by atoms with Crippen LogP contribution in [0.1, 0.15) is 38.3 Å². The quantitative estimate of drug-likeness (QED) is 0.799. The Balaban J connectivity index is 2.47. The molecule has 1 unspecified atom stereocenters. The summed E-state index contributed by atoms with van der Waals surface area (Å²) in [4.78, 5) is 4.43. The second-order valence-electron chi connectivity index (χ2n) is 5.37. The van der Waals surface area contributed by atoms with E-state index in [9.17, 15) is 0 Å². The number of nitrogens with two attached hydrogens (primary N) is 1. The van der Waals surface area contributed by atoms with Gasteiger partial charge in [0.15, 0.2) is 5.58 Å². The van der Waals surface area contributed by atoms with Gasteiger partial charge in [-0.3, -0.25) is 0 Å². The Kier molecular flexibility index (Phi) is 2.50. The van der Waals surface area contributed by atoms with Gasteiger partial charge in [-0.1, -0.05) is 26.8 Å². The molecule has 0 aliphatic heterocycles.